The topological polar surface area (TPSA) is 9.23 Å². The molecule has 4 aliphatic rings. The first-order valence-corrected chi connectivity index (χ1v) is 26.5. The number of rotatable bonds is 18. The predicted molar refractivity (Wildman–Crippen MR) is 260 cm³/mol. The van der Waals surface area contributed by atoms with Gasteiger partial charge < -0.3 is 4.74 Å². The Hall–Kier alpha value is -3.44. The lowest BCUT2D eigenvalue weighted by Crippen LogP contribution is -2.31. The normalized spacial score (nSPS) is 27.3. The van der Waals surface area contributed by atoms with Gasteiger partial charge in [0, 0.05) is 0 Å². The highest BCUT2D eigenvalue weighted by atomic mass is 19.2. The van der Waals surface area contributed by atoms with Gasteiger partial charge >= 0.3 is 0 Å². The van der Waals surface area contributed by atoms with E-state index < -0.39 is 23.3 Å². The summed E-state index contributed by atoms with van der Waals surface area (Å²) in [5.74, 6) is 2.54. The number of hydrogen-bond acceptors (Lipinski definition) is 1. The molecule has 0 aromatic heterocycles. The first-order valence-electron chi connectivity index (χ1n) is 26.5. The SMILES string of the molecule is CCCCC[C@H]1CC[C@H]([C@H]2CC[C@H](C(OC(c3ccc(-c4ccc(F)c(F)c4)cc3)[C@H]3CC[C@H]([C@H]4CC[C@H](CCCCC)CC4)CC3)c3ccc(-c4ccc(F)c(F)c4)cc3)CC2)CC1. The van der Waals surface area contributed by atoms with Crippen LogP contribution in [-0.4, -0.2) is 0 Å². The third-order valence-electron chi connectivity index (χ3n) is 17.3. The van der Waals surface area contributed by atoms with E-state index >= 15 is 0 Å². The van der Waals surface area contributed by atoms with Gasteiger partial charge in [-0.25, -0.2) is 17.6 Å². The van der Waals surface area contributed by atoms with Crippen molar-refractivity contribution in [1.82, 2.24) is 0 Å². The van der Waals surface area contributed by atoms with Gasteiger partial charge in [-0.05, 0) is 182 Å². The minimum atomic E-state index is -0.836. The fourth-order valence-corrected chi connectivity index (χ4v) is 13.3. The van der Waals surface area contributed by atoms with Crippen LogP contribution in [0.3, 0.4) is 0 Å². The summed E-state index contributed by atoms with van der Waals surface area (Å²) in [6.07, 6.45) is 31.5. The van der Waals surface area contributed by atoms with Crippen molar-refractivity contribution in [2.45, 2.75) is 180 Å². The largest absolute Gasteiger partial charge is 0.365 e. The van der Waals surface area contributed by atoms with E-state index in [0.29, 0.717) is 23.0 Å². The van der Waals surface area contributed by atoms with Gasteiger partial charge in [-0.15, -0.1) is 0 Å². The van der Waals surface area contributed by atoms with Crippen LogP contribution in [-0.2, 0) is 4.74 Å². The molecule has 65 heavy (non-hydrogen) atoms. The highest BCUT2D eigenvalue weighted by molar-refractivity contribution is 5.64. The van der Waals surface area contributed by atoms with E-state index in [-0.39, 0.29) is 12.2 Å². The van der Waals surface area contributed by atoms with Crippen molar-refractivity contribution < 1.29 is 22.3 Å². The zero-order chi connectivity index (χ0) is 45.1. The van der Waals surface area contributed by atoms with E-state index in [2.05, 4.69) is 62.4 Å². The van der Waals surface area contributed by atoms with Crippen molar-refractivity contribution in [1.29, 1.82) is 0 Å². The maximum absolute atomic E-state index is 14.4. The van der Waals surface area contributed by atoms with Crippen LogP contribution in [0.5, 0.6) is 0 Å². The summed E-state index contributed by atoms with van der Waals surface area (Å²) in [7, 11) is 0. The number of ether oxygens (including phenoxy) is 1. The summed E-state index contributed by atoms with van der Waals surface area (Å²) in [6, 6.07) is 25.2. The van der Waals surface area contributed by atoms with E-state index in [1.165, 1.54) is 153 Å². The van der Waals surface area contributed by atoms with Crippen molar-refractivity contribution in [2.75, 3.05) is 0 Å². The second kappa shape index (κ2) is 23.5. The van der Waals surface area contributed by atoms with Crippen LogP contribution >= 0.6 is 0 Å². The highest BCUT2D eigenvalue weighted by Crippen LogP contribution is 2.51. The third-order valence-corrected chi connectivity index (χ3v) is 17.3. The van der Waals surface area contributed by atoms with Crippen molar-refractivity contribution in [3.05, 3.63) is 119 Å². The minimum Gasteiger partial charge on any atom is -0.365 e. The highest BCUT2D eigenvalue weighted by Gasteiger charge is 2.39. The molecule has 2 unspecified atom stereocenters. The van der Waals surface area contributed by atoms with Crippen LogP contribution in [0.4, 0.5) is 17.6 Å². The molecule has 0 heterocycles. The van der Waals surface area contributed by atoms with E-state index in [4.69, 9.17) is 4.74 Å². The molecule has 0 radical (unpaired) electrons. The molecule has 0 N–H and O–H groups in total. The average Bonchev–Trinajstić information content (AvgIpc) is 3.35. The van der Waals surface area contributed by atoms with Crippen LogP contribution < -0.4 is 0 Å². The maximum atomic E-state index is 14.4. The predicted octanol–water partition coefficient (Wildman–Crippen LogP) is 18.8. The number of unbranched alkanes of at least 4 members (excludes halogenated alkanes) is 4. The number of hydrogen-bond donors (Lipinski definition) is 0. The second-order valence-corrected chi connectivity index (χ2v) is 21.4. The van der Waals surface area contributed by atoms with Gasteiger partial charge in [0.15, 0.2) is 23.3 Å². The third kappa shape index (κ3) is 12.6. The second-order valence-electron chi connectivity index (χ2n) is 21.4. The Morgan fingerprint density at radius 3 is 1.03 bits per heavy atom. The van der Waals surface area contributed by atoms with Gasteiger partial charge in [0.25, 0.3) is 0 Å². The molecule has 0 saturated heterocycles. The molecule has 4 aromatic carbocycles. The van der Waals surface area contributed by atoms with Gasteiger partial charge in [-0.2, -0.15) is 0 Å². The maximum Gasteiger partial charge on any atom is 0.159 e. The smallest absolute Gasteiger partial charge is 0.159 e. The van der Waals surface area contributed by atoms with Crippen molar-refractivity contribution in [2.24, 2.45) is 47.3 Å². The summed E-state index contributed by atoms with van der Waals surface area (Å²) in [4.78, 5) is 0. The quantitative estimate of drug-likeness (QED) is 0.0714. The lowest BCUT2D eigenvalue weighted by atomic mass is 9.67. The Balaban J connectivity index is 1.02. The molecule has 8 rings (SSSR count). The van der Waals surface area contributed by atoms with Crippen LogP contribution in [0.25, 0.3) is 22.3 Å². The van der Waals surface area contributed by atoms with Crippen molar-refractivity contribution in [3.8, 4) is 22.3 Å². The van der Waals surface area contributed by atoms with Gasteiger partial charge in [0.05, 0.1) is 12.2 Å². The fraction of sp³-hybridized carbons (Fsp3) is 0.600. The molecule has 0 amide bonds. The van der Waals surface area contributed by atoms with Gasteiger partial charge in [0.1, 0.15) is 0 Å². The van der Waals surface area contributed by atoms with E-state index in [1.54, 1.807) is 12.1 Å². The van der Waals surface area contributed by atoms with E-state index in [9.17, 15) is 17.6 Å². The van der Waals surface area contributed by atoms with E-state index in [0.717, 1.165) is 83.4 Å². The Labute approximate surface area is 389 Å². The molecular weight excluding hydrogens is 813 g/mol. The number of benzene rings is 4. The Morgan fingerprint density at radius 2 is 0.708 bits per heavy atom. The van der Waals surface area contributed by atoms with Crippen LogP contribution in [0.1, 0.15) is 191 Å². The Morgan fingerprint density at radius 1 is 0.385 bits per heavy atom. The molecule has 4 fully saturated rings. The molecule has 4 aromatic rings. The van der Waals surface area contributed by atoms with Crippen molar-refractivity contribution in [3.63, 3.8) is 0 Å². The Kier molecular flexibility index (Phi) is 17.4. The molecule has 5 heteroatoms. The van der Waals surface area contributed by atoms with E-state index in [1.807, 2.05) is 0 Å². The first kappa shape index (κ1) is 48.0. The summed E-state index contributed by atoms with van der Waals surface area (Å²) >= 11 is 0. The fourth-order valence-electron chi connectivity index (χ4n) is 13.3. The van der Waals surface area contributed by atoms with Crippen LogP contribution in [0.2, 0.25) is 0 Å². The molecule has 4 aliphatic carbocycles. The molecule has 0 aliphatic heterocycles. The zero-order valence-electron chi connectivity index (χ0n) is 39.7. The van der Waals surface area contributed by atoms with Crippen LogP contribution in [0.15, 0.2) is 84.9 Å². The molecular formula is C60H78F4O. The van der Waals surface area contributed by atoms with Gasteiger partial charge in [-0.1, -0.05) is 152 Å². The molecule has 1 nitrogen and oxygen atoms in total. The standard InChI is InChI=1S/C60H78F4O/c1-3-5-7-9-41-11-15-43(16-12-41)45-19-27-49(28-20-45)59(51-31-23-47(24-32-51)53-35-37-55(61)57(63)39-53)65-60(52-33-25-48(26-34-52)54-36-38-56(62)58(64)40-54)50-29-21-46(22-30-50)44-17-13-42(14-18-44)10-8-6-4-2/h23-26,31-46,49-50,59-60H,3-22,27-30H2,1-2H3/t41-,42-,43-,44-,45-,46-,49-,50-,59?,60?. The van der Waals surface area contributed by atoms with Crippen molar-refractivity contribution >= 4 is 0 Å². The van der Waals surface area contributed by atoms with Gasteiger partial charge in [-0.3, -0.25) is 0 Å². The molecule has 352 valence electrons. The molecule has 4 saturated carbocycles. The zero-order valence-corrected chi connectivity index (χ0v) is 39.7. The summed E-state index contributed by atoms with van der Waals surface area (Å²) in [5, 5.41) is 0. The molecule has 0 bridgehead atoms. The summed E-state index contributed by atoms with van der Waals surface area (Å²) < 4.78 is 64.3. The van der Waals surface area contributed by atoms with Crippen LogP contribution in [0, 0.1) is 70.6 Å². The first-order chi connectivity index (χ1) is 31.8. The Bertz CT molecular complexity index is 1880. The lowest BCUT2D eigenvalue weighted by molar-refractivity contribution is -0.0934. The number of halogens is 4. The molecule has 0 spiro atoms. The summed E-state index contributed by atoms with van der Waals surface area (Å²) in [6.45, 7) is 4.61. The molecule has 2 atom stereocenters. The average molecular weight is 891 g/mol. The summed E-state index contributed by atoms with van der Waals surface area (Å²) in [5.41, 5.74) is 5.35. The minimum absolute atomic E-state index is 0.110. The van der Waals surface area contributed by atoms with Gasteiger partial charge in [0.2, 0.25) is 0 Å². The lowest BCUT2D eigenvalue weighted by Gasteiger charge is -2.43. The monoisotopic (exact) mass is 891 g/mol.